The van der Waals surface area contributed by atoms with E-state index in [2.05, 4.69) is 30.7 Å². The average Bonchev–Trinajstić information content (AvgIpc) is 2.21. The molecular weight excluding hydrogens is 196 g/mol. The Kier molecular flexibility index (Phi) is 6.79. The van der Waals surface area contributed by atoms with Crippen LogP contribution >= 0.6 is 11.8 Å². The normalized spacial score (nSPS) is 11.1. The number of thioether (sulfide) groups is 1. The molecule has 0 radical (unpaired) electrons. The maximum atomic E-state index is 11.2. The highest BCUT2D eigenvalue weighted by Gasteiger charge is 2.25. The molecule has 0 aliphatic heterocycles. The van der Waals surface area contributed by atoms with Gasteiger partial charge in [-0.05, 0) is 26.0 Å². The third-order valence-corrected chi connectivity index (χ3v) is 4.22. The first-order valence-electron chi connectivity index (χ1n) is 5.21. The highest BCUT2D eigenvalue weighted by molar-refractivity contribution is 8.00. The molecule has 0 unspecified atom stereocenters. The number of rotatable bonds is 6. The topological polar surface area (TPSA) is 41.1 Å². The summed E-state index contributed by atoms with van der Waals surface area (Å²) in [5.74, 6) is 0. The molecule has 0 atom stereocenters. The molecule has 0 aromatic rings. The summed E-state index contributed by atoms with van der Waals surface area (Å²) in [6.45, 7) is 7.67. The minimum Gasteiger partial charge on any atom is -0.338 e. The predicted octanol–water partition coefficient (Wildman–Crippen LogP) is 2.23. The molecule has 0 spiro atoms. The summed E-state index contributed by atoms with van der Waals surface area (Å²) >= 11 is 1.83. The maximum Gasteiger partial charge on any atom is 0.314 e. The third-order valence-electron chi connectivity index (χ3n) is 2.63. The van der Waals surface area contributed by atoms with Gasteiger partial charge in [0.2, 0.25) is 0 Å². The van der Waals surface area contributed by atoms with Gasteiger partial charge in [0, 0.05) is 17.8 Å². The van der Waals surface area contributed by atoms with E-state index in [0.717, 1.165) is 19.4 Å². The van der Waals surface area contributed by atoms with Crippen molar-refractivity contribution in [1.29, 1.82) is 0 Å². The van der Waals surface area contributed by atoms with Crippen molar-refractivity contribution in [3.8, 4) is 0 Å². The van der Waals surface area contributed by atoms with Crippen LogP contribution < -0.4 is 10.6 Å². The number of hydrogen-bond acceptors (Lipinski definition) is 2. The molecule has 0 saturated carbocycles. The van der Waals surface area contributed by atoms with E-state index >= 15 is 0 Å². The Morgan fingerprint density at radius 1 is 1.21 bits per heavy atom. The molecule has 0 rings (SSSR count). The molecule has 2 amide bonds. The summed E-state index contributed by atoms with van der Waals surface area (Å²) in [5.41, 5.74) is 0. The second-order valence-corrected chi connectivity index (χ2v) is 4.58. The highest BCUT2D eigenvalue weighted by atomic mass is 32.2. The average molecular weight is 218 g/mol. The fourth-order valence-electron chi connectivity index (χ4n) is 1.33. The van der Waals surface area contributed by atoms with Gasteiger partial charge in [0.25, 0.3) is 0 Å². The van der Waals surface area contributed by atoms with Crippen molar-refractivity contribution in [3.63, 3.8) is 0 Å². The molecule has 0 aliphatic carbocycles. The molecule has 0 saturated heterocycles. The van der Waals surface area contributed by atoms with Gasteiger partial charge in [-0.2, -0.15) is 11.8 Å². The number of carbonyl (C=O) groups is 1. The largest absolute Gasteiger partial charge is 0.338 e. The zero-order valence-corrected chi connectivity index (χ0v) is 10.5. The number of urea groups is 1. The molecule has 0 aromatic carbocycles. The number of hydrogen-bond donors (Lipinski definition) is 2. The Bertz CT molecular complexity index is 161. The number of nitrogens with one attached hydrogen (secondary N) is 2. The first-order valence-corrected chi connectivity index (χ1v) is 6.43. The van der Waals surface area contributed by atoms with Gasteiger partial charge in [-0.25, -0.2) is 4.79 Å². The summed E-state index contributed by atoms with van der Waals surface area (Å²) in [6, 6.07) is -0.0622. The minimum atomic E-state index is -0.0622. The van der Waals surface area contributed by atoms with Gasteiger partial charge in [0.1, 0.15) is 0 Å². The fraction of sp³-hybridized carbons (Fsp3) is 0.900. The minimum absolute atomic E-state index is 0.0622. The van der Waals surface area contributed by atoms with Crippen LogP contribution in [0.5, 0.6) is 0 Å². The molecule has 0 heterocycles. The summed E-state index contributed by atoms with van der Waals surface area (Å²) in [7, 11) is 0. The van der Waals surface area contributed by atoms with Gasteiger partial charge in [-0.1, -0.05) is 13.8 Å². The summed E-state index contributed by atoms with van der Waals surface area (Å²) < 4.78 is 0.199. The molecule has 0 aromatic heterocycles. The van der Waals surface area contributed by atoms with Crippen molar-refractivity contribution in [2.75, 3.05) is 19.3 Å². The lowest BCUT2D eigenvalue weighted by atomic mass is 10.0. The van der Waals surface area contributed by atoms with Crippen molar-refractivity contribution in [1.82, 2.24) is 10.6 Å². The Morgan fingerprint density at radius 2 is 1.79 bits per heavy atom. The monoisotopic (exact) mass is 218 g/mol. The van der Waals surface area contributed by atoms with Gasteiger partial charge >= 0.3 is 6.03 Å². The van der Waals surface area contributed by atoms with Gasteiger partial charge in [-0.3, -0.25) is 0 Å². The van der Waals surface area contributed by atoms with Crippen LogP contribution in [-0.4, -0.2) is 30.1 Å². The van der Waals surface area contributed by atoms with Crippen LogP contribution in [0, 0.1) is 0 Å². The van der Waals surface area contributed by atoms with E-state index in [0.29, 0.717) is 6.54 Å². The second kappa shape index (κ2) is 6.98. The maximum absolute atomic E-state index is 11.2. The lowest BCUT2D eigenvalue weighted by Crippen LogP contribution is -2.44. The molecule has 84 valence electrons. The van der Waals surface area contributed by atoms with E-state index in [1.165, 1.54) is 0 Å². The van der Waals surface area contributed by atoms with Crippen molar-refractivity contribution in [3.05, 3.63) is 0 Å². The molecule has 3 nitrogen and oxygen atoms in total. The first kappa shape index (κ1) is 13.6. The lowest BCUT2D eigenvalue weighted by molar-refractivity contribution is 0.240. The summed E-state index contributed by atoms with van der Waals surface area (Å²) in [4.78, 5) is 11.2. The Morgan fingerprint density at radius 3 is 2.14 bits per heavy atom. The van der Waals surface area contributed by atoms with E-state index in [1.807, 2.05) is 18.7 Å². The first-order chi connectivity index (χ1) is 6.64. The fourth-order valence-corrected chi connectivity index (χ4v) is 2.12. The zero-order valence-electron chi connectivity index (χ0n) is 9.64. The van der Waals surface area contributed by atoms with E-state index < -0.39 is 0 Å². The Balaban J connectivity index is 3.99. The van der Waals surface area contributed by atoms with E-state index in [-0.39, 0.29) is 10.8 Å². The standard InChI is InChI=1S/C10H22N2OS/c1-5-10(6-2,14-4)8-12-9(13)11-7-3/h5-8H2,1-4H3,(H2,11,12,13). The van der Waals surface area contributed by atoms with Crippen LogP contribution in [0.25, 0.3) is 0 Å². The highest BCUT2D eigenvalue weighted by Crippen LogP contribution is 2.29. The molecule has 4 heteroatoms. The van der Waals surface area contributed by atoms with Crippen molar-refractivity contribution >= 4 is 17.8 Å². The lowest BCUT2D eigenvalue weighted by Gasteiger charge is -2.29. The van der Waals surface area contributed by atoms with Crippen LogP contribution in [0.4, 0.5) is 4.79 Å². The molecular formula is C10H22N2OS. The summed E-state index contributed by atoms with van der Waals surface area (Å²) in [5, 5.41) is 5.64. The quantitative estimate of drug-likeness (QED) is 0.718. The number of carbonyl (C=O) groups excluding carboxylic acids is 1. The van der Waals surface area contributed by atoms with E-state index in [4.69, 9.17) is 0 Å². The molecule has 0 aliphatic rings. The third kappa shape index (κ3) is 4.22. The summed E-state index contributed by atoms with van der Waals surface area (Å²) in [6.07, 6.45) is 4.26. The van der Waals surface area contributed by atoms with Crippen molar-refractivity contribution in [2.24, 2.45) is 0 Å². The Hall–Kier alpha value is -0.380. The van der Waals surface area contributed by atoms with Gasteiger partial charge in [0.15, 0.2) is 0 Å². The second-order valence-electron chi connectivity index (χ2n) is 3.31. The molecule has 0 fully saturated rings. The van der Waals surface area contributed by atoms with Crippen LogP contribution in [0.3, 0.4) is 0 Å². The van der Waals surface area contributed by atoms with Crippen LogP contribution in [0.1, 0.15) is 33.6 Å². The molecule has 14 heavy (non-hydrogen) atoms. The smallest absolute Gasteiger partial charge is 0.314 e. The van der Waals surface area contributed by atoms with Crippen LogP contribution in [-0.2, 0) is 0 Å². The van der Waals surface area contributed by atoms with Gasteiger partial charge in [-0.15, -0.1) is 0 Å². The van der Waals surface area contributed by atoms with E-state index in [1.54, 1.807) is 0 Å². The van der Waals surface area contributed by atoms with Crippen LogP contribution in [0.15, 0.2) is 0 Å². The molecule has 2 N–H and O–H groups in total. The van der Waals surface area contributed by atoms with Crippen LogP contribution in [0.2, 0.25) is 0 Å². The SMILES string of the molecule is CCNC(=O)NCC(CC)(CC)SC. The number of amides is 2. The van der Waals surface area contributed by atoms with E-state index in [9.17, 15) is 4.79 Å². The zero-order chi connectivity index (χ0) is 11.0. The van der Waals surface area contributed by atoms with Gasteiger partial charge in [0.05, 0.1) is 0 Å². The Labute approximate surface area is 91.4 Å². The predicted molar refractivity (Wildman–Crippen MR) is 63.9 cm³/mol. The van der Waals surface area contributed by atoms with Crippen molar-refractivity contribution < 1.29 is 4.79 Å². The van der Waals surface area contributed by atoms with Crippen molar-refractivity contribution in [2.45, 2.75) is 38.4 Å². The molecule has 0 bridgehead atoms. The van der Waals surface area contributed by atoms with Gasteiger partial charge < -0.3 is 10.6 Å².